The standard InChI is InChI=1S/C20H31N3/c1-2-3-4-5-8-11-14-19(17-22)20(18-23)15-12-9-6-7-10-13-16-21/h8,11,19-20H,2-7,9-10,12-15H2,1H3/b11-8-. The summed E-state index contributed by atoms with van der Waals surface area (Å²) in [5, 5.41) is 27.1. The van der Waals surface area contributed by atoms with Gasteiger partial charge in [-0.25, -0.2) is 0 Å². The normalized spacial score (nSPS) is 13.1. The maximum absolute atomic E-state index is 9.31. The van der Waals surface area contributed by atoms with Crippen LogP contribution < -0.4 is 0 Å². The molecule has 0 saturated heterocycles. The van der Waals surface area contributed by atoms with Gasteiger partial charge in [0.15, 0.2) is 0 Å². The summed E-state index contributed by atoms with van der Waals surface area (Å²) >= 11 is 0. The first kappa shape index (κ1) is 21.2. The minimum absolute atomic E-state index is 0.153. The maximum Gasteiger partial charge on any atom is 0.0672 e. The number of allylic oxidation sites excluding steroid dienone is 2. The van der Waals surface area contributed by atoms with E-state index in [0.29, 0.717) is 12.8 Å². The smallest absolute Gasteiger partial charge is 0.0672 e. The van der Waals surface area contributed by atoms with E-state index in [2.05, 4.69) is 37.3 Å². The van der Waals surface area contributed by atoms with Crippen molar-refractivity contribution in [2.45, 2.75) is 84.0 Å². The third kappa shape index (κ3) is 12.4. The van der Waals surface area contributed by atoms with Crippen LogP contribution in [0.25, 0.3) is 0 Å². The van der Waals surface area contributed by atoms with Gasteiger partial charge in [0.05, 0.1) is 30.0 Å². The second-order valence-corrected chi connectivity index (χ2v) is 6.14. The van der Waals surface area contributed by atoms with E-state index in [0.717, 1.165) is 44.9 Å². The van der Waals surface area contributed by atoms with Crippen LogP contribution in [0.4, 0.5) is 0 Å². The van der Waals surface area contributed by atoms with Gasteiger partial charge in [-0.2, -0.15) is 15.8 Å². The topological polar surface area (TPSA) is 71.4 Å². The number of hydrogen-bond donors (Lipinski definition) is 0. The van der Waals surface area contributed by atoms with Gasteiger partial charge in [0.25, 0.3) is 0 Å². The molecule has 23 heavy (non-hydrogen) atoms. The van der Waals surface area contributed by atoms with E-state index in [4.69, 9.17) is 5.26 Å². The second-order valence-electron chi connectivity index (χ2n) is 6.14. The molecule has 0 aliphatic heterocycles. The molecule has 0 amide bonds. The van der Waals surface area contributed by atoms with Crippen molar-refractivity contribution in [3.8, 4) is 18.2 Å². The third-order valence-electron chi connectivity index (χ3n) is 4.15. The molecule has 3 heteroatoms. The van der Waals surface area contributed by atoms with Crippen molar-refractivity contribution in [3.05, 3.63) is 12.2 Å². The average Bonchev–Trinajstić information content (AvgIpc) is 2.58. The van der Waals surface area contributed by atoms with Crippen LogP contribution in [0.3, 0.4) is 0 Å². The first-order chi connectivity index (χ1) is 11.3. The molecule has 2 unspecified atom stereocenters. The summed E-state index contributed by atoms with van der Waals surface area (Å²) in [6.45, 7) is 2.19. The maximum atomic E-state index is 9.31. The lowest BCUT2D eigenvalue weighted by Crippen LogP contribution is -2.10. The van der Waals surface area contributed by atoms with Crippen molar-refractivity contribution in [1.29, 1.82) is 15.8 Å². The van der Waals surface area contributed by atoms with Gasteiger partial charge in [-0.05, 0) is 32.1 Å². The molecule has 0 aromatic heterocycles. The average molecular weight is 313 g/mol. The highest BCUT2D eigenvalue weighted by molar-refractivity contribution is 5.01. The summed E-state index contributed by atoms with van der Waals surface area (Å²) in [4.78, 5) is 0. The molecule has 0 radical (unpaired) electrons. The summed E-state index contributed by atoms with van der Waals surface area (Å²) in [7, 11) is 0. The highest BCUT2D eigenvalue weighted by Crippen LogP contribution is 2.22. The predicted molar refractivity (Wildman–Crippen MR) is 94.0 cm³/mol. The highest BCUT2D eigenvalue weighted by atomic mass is 14.3. The molecule has 0 heterocycles. The monoisotopic (exact) mass is 313 g/mol. The fourth-order valence-electron chi connectivity index (χ4n) is 2.63. The van der Waals surface area contributed by atoms with Crippen LogP contribution in [-0.2, 0) is 0 Å². The summed E-state index contributed by atoms with van der Waals surface area (Å²) in [5.41, 5.74) is 0. The molecule has 0 N–H and O–H groups in total. The Morgan fingerprint density at radius 2 is 1.48 bits per heavy atom. The van der Waals surface area contributed by atoms with E-state index in [1.165, 1.54) is 19.3 Å². The molecule has 0 spiro atoms. The molecule has 0 aromatic rings. The van der Waals surface area contributed by atoms with Crippen molar-refractivity contribution < 1.29 is 0 Å². The predicted octanol–water partition coefficient (Wildman–Crippen LogP) is 6.05. The molecular formula is C20H31N3. The zero-order valence-electron chi connectivity index (χ0n) is 14.6. The van der Waals surface area contributed by atoms with Gasteiger partial charge < -0.3 is 0 Å². The summed E-state index contributed by atoms with van der Waals surface area (Å²) < 4.78 is 0. The molecule has 0 rings (SSSR count). The Balaban J connectivity index is 3.93. The van der Waals surface area contributed by atoms with Crippen molar-refractivity contribution in [3.63, 3.8) is 0 Å². The third-order valence-corrected chi connectivity index (χ3v) is 4.15. The first-order valence-corrected chi connectivity index (χ1v) is 9.11. The molecule has 0 aliphatic rings. The molecular weight excluding hydrogens is 282 g/mol. The highest BCUT2D eigenvalue weighted by Gasteiger charge is 2.19. The number of nitrogens with zero attached hydrogens (tertiary/aromatic N) is 3. The minimum atomic E-state index is -0.180. The quantitative estimate of drug-likeness (QED) is 0.289. The Kier molecular flexibility index (Phi) is 15.3. The van der Waals surface area contributed by atoms with Gasteiger partial charge in [0.2, 0.25) is 0 Å². The van der Waals surface area contributed by atoms with Gasteiger partial charge >= 0.3 is 0 Å². The number of rotatable bonds is 14. The summed E-state index contributed by atoms with van der Waals surface area (Å²) in [6, 6.07) is 6.80. The Bertz CT molecular complexity index is 420. The zero-order valence-corrected chi connectivity index (χ0v) is 14.6. The molecule has 0 fully saturated rings. The summed E-state index contributed by atoms with van der Waals surface area (Å²) in [5.74, 6) is -0.333. The van der Waals surface area contributed by atoms with Crippen LogP contribution in [0, 0.1) is 45.8 Å². The van der Waals surface area contributed by atoms with E-state index in [1.54, 1.807) is 0 Å². The van der Waals surface area contributed by atoms with E-state index < -0.39 is 0 Å². The van der Waals surface area contributed by atoms with Crippen molar-refractivity contribution in [1.82, 2.24) is 0 Å². The van der Waals surface area contributed by atoms with E-state index in [-0.39, 0.29) is 11.8 Å². The zero-order chi connectivity index (χ0) is 17.2. The van der Waals surface area contributed by atoms with Gasteiger partial charge in [-0.1, -0.05) is 57.6 Å². The largest absolute Gasteiger partial charge is 0.198 e. The SMILES string of the molecule is CCCCC/C=C\CC(C#N)C(C#N)CCCCCCCC#N. The first-order valence-electron chi connectivity index (χ1n) is 9.11. The molecule has 0 saturated carbocycles. The molecule has 2 atom stereocenters. The lowest BCUT2D eigenvalue weighted by molar-refractivity contribution is 0.440. The lowest BCUT2D eigenvalue weighted by Gasteiger charge is -2.13. The molecule has 0 aliphatic carbocycles. The van der Waals surface area contributed by atoms with Crippen molar-refractivity contribution in [2.24, 2.45) is 11.8 Å². The van der Waals surface area contributed by atoms with E-state index in [1.807, 2.05) is 0 Å². The Morgan fingerprint density at radius 1 is 0.783 bits per heavy atom. The van der Waals surface area contributed by atoms with Crippen LogP contribution in [-0.4, -0.2) is 0 Å². The molecule has 0 bridgehead atoms. The van der Waals surface area contributed by atoms with Gasteiger partial charge in [0.1, 0.15) is 0 Å². The molecule has 3 nitrogen and oxygen atoms in total. The van der Waals surface area contributed by atoms with Crippen LogP contribution in [0.15, 0.2) is 12.2 Å². The second kappa shape index (κ2) is 16.6. The van der Waals surface area contributed by atoms with Gasteiger partial charge in [-0.3, -0.25) is 0 Å². The Morgan fingerprint density at radius 3 is 2.13 bits per heavy atom. The number of nitriles is 3. The lowest BCUT2D eigenvalue weighted by atomic mass is 9.87. The molecule has 0 aromatic carbocycles. The fourth-order valence-corrected chi connectivity index (χ4v) is 2.63. The van der Waals surface area contributed by atoms with Gasteiger partial charge in [-0.15, -0.1) is 0 Å². The van der Waals surface area contributed by atoms with Crippen molar-refractivity contribution >= 4 is 0 Å². The fraction of sp³-hybridized carbons (Fsp3) is 0.750. The van der Waals surface area contributed by atoms with Gasteiger partial charge in [0, 0.05) is 6.42 Å². The molecule has 126 valence electrons. The Labute approximate surface area is 142 Å². The van der Waals surface area contributed by atoms with Crippen LogP contribution >= 0.6 is 0 Å². The van der Waals surface area contributed by atoms with E-state index >= 15 is 0 Å². The Hall–Kier alpha value is -1.79. The summed E-state index contributed by atoms with van der Waals surface area (Å²) in [6.07, 6.45) is 16.4. The minimum Gasteiger partial charge on any atom is -0.198 e. The van der Waals surface area contributed by atoms with Crippen LogP contribution in [0.2, 0.25) is 0 Å². The van der Waals surface area contributed by atoms with E-state index in [9.17, 15) is 10.5 Å². The van der Waals surface area contributed by atoms with Crippen LogP contribution in [0.1, 0.15) is 84.0 Å². The number of hydrogen-bond acceptors (Lipinski definition) is 3. The van der Waals surface area contributed by atoms with Crippen LogP contribution in [0.5, 0.6) is 0 Å². The van der Waals surface area contributed by atoms with Crippen molar-refractivity contribution in [2.75, 3.05) is 0 Å². The number of unbranched alkanes of at least 4 members (excludes halogenated alkanes) is 8.